The lowest BCUT2D eigenvalue weighted by Gasteiger charge is -2.13. The Bertz CT molecular complexity index is 665. The predicted molar refractivity (Wildman–Crippen MR) is 81.8 cm³/mol. The van der Waals surface area contributed by atoms with Crippen LogP contribution in [-0.2, 0) is 0 Å². The van der Waals surface area contributed by atoms with E-state index >= 15 is 0 Å². The molecule has 0 aliphatic heterocycles. The van der Waals surface area contributed by atoms with Crippen molar-refractivity contribution in [1.29, 1.82) is 0 Å². The van der Waals surface area contributed by atoms with E-state index in [4.69, 9.17) is 10.5 Å². The Morgan fingerprint density at radius 2 is 1.95 bits per heavy atom. The molecule has 7 heteroatoms. The summed E-state index contributed by atoms with van der Waals surface area (Å²) in [7, 11) is 0. The van der Waals surface area contributed by atoms with Gasteiger partial charge in [0.05, 0.1) is 22.0 Å². The molecule has 1 heterocycles. The summed E-state index contributed by atoms with van der Waals surface area (Å²) in [5.41, 5.74) is 6.24. The summed E-state index contributed by atoms with van der Waals surface area (Å²) in [4.78, 5) is 4.17. The zero-order chi connectivity index (χ0) is 15.6. The molecule has 0 aliphatic rings. The average Bonchev–Trinajstić information content (AvgIpc) is 2.39. The minimum Gasteiger partial charge on any atom is -0.473 e. The molecule has 4 nitrogen and oxygen atoms in total. The Labute approximate surface area is 129 Å². The van der Waals surface area contributed by atoms with E-state index < -0.39 is 11.6 Å². The van der Waals surface area contributed by atoms with Crippen LogP contribution in [0.5, 0.6) is 5.88 Å². The molecule has 1 aromatic carbocycles. The summed E-state index contributed by atoms with van der Waals surface area (Å²) < 4.78 is 32.5. The number of anilines is 3. The molecule has 112 valence electrons. The predicted octanol–water partition coefficient (Wildman–Crippen LogP) is 4.24. The molecular weight excluding hydrogens is 344 g/mol. The smallest absolute Gasteiger partial charge is 0.239 e. The van der Waals surface area contributed by atoms with E-state index in [0.29, 0.717) is 11.5 Å². The average molecular weight is 358 g/mol. The standard InChI is InChI=1S/C14H14BrF2N3O/c1-7(2)21-14-11(18)3-4-13(20-14)19-12-5-8(15)9(16)6-10(12)17/h3-7H,18H2,1-2H3,(H,19,20). The van der Waals surface area contributed by atoms with E-state index in [1.54, 1.807) is 12.1 Å². The summed E-state index contributed by atoms with van der Waals surface area (Å²) in [6, 6.07) is 5.27. The van der Waals surface area contributed by atoms with Crippen LogP contribution >= 0.6 is 15.9 Å². The van der Waals surface area contributed by atoms with Crippen molar-refractivity contribution in [2.24, 2.45) is 0 Å². The molecule has 2 rings (SSSR count). The lowest BCUT2D eigenvalue weighted by Crippen LogP contribution is -2.09. The highest BCUT2D eigenvalue weighted by Crippen LogP contribution is 2.28. The van der Waals surface area contributed by atoms with Gasteiger partial charge >= 0.3 is 0 Å². The molecule has 0 bridgehead atoms. The molecule has 0 saturated carbocycles. The van der Waals surface area contributed by atoms with Gasteiger partial charge in [0.15, 0.2) is 0 Å². The Balaban J connectivity index is 2.30. The quantitative estimate of drug-likeness (QED) is 0.803. The molecule has 21 heavy (non-hydrogen) atoms. The van der Waals surface area contributed by atoms with Crippen LogP contribution < -0.4 is 15.8 Å². The fourth-order valence-corrected chi connectivity index (χ4v) is 1.94. The maximum atomic E-state index is 13.7. The third-order valence-electron chi connectivity index (χ3n) is 2.51. The van der Waals surface area contributed by atoms with Gasteiger partial charge < -0.3 is 15.8 Å². The van der Waals surface area contributed by atoms with E-state index in [1.807, 2.05) is 13.8 Å². The summed E-state index contributed by atoms with van der Waals surface area (Å²) in [6.45, 7) is 3.69. The Morgan fingerprint density at radius 3 is 2.62 bits per heavy atom. The van der Waals surface area contributed by atoms with Gasteiger partial charge in [-0.05, 0) is 48.0 Å². The van der Waals surface area contributed by atoms with Crippen LogP contribution in [0.15, 0.2) is 28.7 Å². The van der Waals surface area contributed by atoms with Crippen molar-refractivity contribution in [3.63, 3.8) is 0 Å². The molecule has 2 aromatic rings. The lowest BCUT2D eigenvalue weighted by atomic mass is 10.3. The van der Waals surface area contributed by atoms with Crippen LogP contribution in [0.4, 0.5) is 26.0 Å². The fourth-order valence-electron chi connectivity index (χ4n) is 1.59. The number of nitrogens with one attached hydrogen (secondary N) is 1. The second-order valence-corrected chi connectivity index (χ2v) is 5.48. The first kappa shape index (κ1) is 15.5. The highest BCUT2D eigenvalue weighted by Gasteiger charge is 2.11. The van der Waals surface area contributed by atoms with Crippen molar-refractivity contribution in [2.75, 3.05) is 11.1 Å². The monoisotopic (exact) mass is 357 g/mol. The maximum Gasteiger partial charge on any atom is 0.239 e. The fraction of sp³-hybridized carbons (Fsp3) is 0.214. The minimum absolute atomic E-state index is 0.0910. The number of pyridine rings is 1. The molecule has 0 aliphatic carbocycles. The molecular formula is C14H14BrF2N3O. The number of halogens is 3. The van der Waals surface area contributed by atoms with Crippen molar-refractivity contribution >= 4 is 33.1 Å². The number of benzene rings is 1. The number of ether oxygens (including phenoxy) is 1. The van der Waals surface area contributed by atoms with Gasteiger partial charge in [-0.25, -0.2) is 8.78 Å². The zero-order valence-electron chi connectivity index (χ0n) is 11.5. The first-order valence-electron chi connectivity index (χ1n) is 6.21. The summed E-state index contributed by atoms with van der Waals surface area (Å²) in [6.07, 6.45) is -0.0910. The van der Waals surface area contributed by atoms with E-state index in [-0.39, 0.29) is 22.1 Å². The largest absolute Gasteiger partial charge is 0.473 e. The summed E-state index contributed by atoms with van der Waals surface area (Å²) in [5, 5.41) is 2.76. The normalized spacial score (nSPS) is 10.8. The molecule has 0 spiro atoms. The number of rotatable bonds is 4. The third-order valence-corrected chi connectivity index (χ3v) is 3.12. The second kappa shape index (κ2) is 6.26. The van der Waals surface area contributed by atoms with Gasteiger partial charge in [-0.2, -0.15) is 4.98 Å². The maximum absolute atomic E-state index is 13.7. The molecule has 0 unspecified atom stereocenters. The van der Waals surface area contributed by atoms with Crippen LogP contribution in [0.3, 0.4) is 0 Å². The molecule has 0 amide bonds. The molecule has 0 atom stereocenters. The number of nitrogens with zero attached hydrogens (tertiary/aromatic N) is 1. The number of aromatic nitrogens is 1. The summed E-state index contributed by atoms with van der Waals surface area (Å²) >= 11 is 3.01. The van der Waals surface area contributed by atoms with E-state index in [1.165, 1.54) is 6.07 Å². The highest BCUT2D eigenvalue weighted by atomic mass is 79.9. The van der Waals surface area contributed by atoms with E-state index in [0.717, 1.165) is 6.07 Å². The van der Waals surface area contributed by atoms with Gasteiger partial charge in [-0.1, -0.05) is 0 Å². The first-order valence-corrected chi connectivity index (χ1v) is 7.01. The minimum atomic E-state index is -0.722. The molecule has 3 N–H and O–H groups in total. The molecule has 0 radical (unpaired) electrons. The number of nitrogen functional groups attached to an aromatic ring is 1. The van der Waals surface area contributed by atoms with Crippen LogP contribution in [-0.4, -0.2) is 11.1 Å². The lowest BCUT2D eigenvalue weighted by molar-refractivity contribution is 0.234. The SMILES string of the molecule is CC(C)Oc1nc(Nc2cc(Br)c(F)cc2F)ccc1N. The van der Waals surface area contributed by atoms with Crippen molar-refractivity contribution in [1.82, 2.24) is 4.98 Å². The van der Waals surface area contributed by atoms with Crippen molar-refractivity contribution in [2.45, 2.75) is 20.0 Å². The number of nitrogens with two attached hydrogens (primary N) is 1. The van der Waals surface area contributed by atoms with E-state index in [2.05, 4.69) is 26.2 Å². The van der Waals surface area contributed by atoms with Gasteiger partial charge in [-0.3, -0.25) is 0 Å². The van der Waals surface area contributed by atoms with E-state index in [9.17, 15) is 8.78 Å². The van der Waals surface area contributed by atoms with Crippen LogP contribution in [0.2, 0.25) is 0 Å². The van der Waals surface area contributed by atoms with Crippen molar-refractivity contribution in [3.8, 4) is 5.88 Å². The molecule has 0 saturated heterocycles. The van der Waals surface area contributed by atoms with Crippen molar-refractivity contribution < 1.29 is 13.5 Å². The molecule has 0 fully saturated rings. The highest BCUT2D eigenvalue weighted by molar-refractivity contribution is 9.10. The second-order valence-electron chi connectivity index (χ2n) is 4.63. The summed E-state index contributed by atoms with van der Waals surface area (Å²) in [5.74, 6) is -0.790. The zero-order valence-corrected chi connectivity index (χ0v) is 13.0. The Kier molecular flexibility index (Phi) is 4.62. The van der Waals surface area contributed by atoms with Crippen LogP contribution in [0, 0.1) is 11.6 Å². The number of hydrogen-bond acceptors (Lipinski definition) is 4. The van der Waals surface area contributed by atoms with Gasteiger partial charge in [-0.15, -0.1) is 0 Å². The van der Waals surface area contributed by atoms with Gasteiger partial charge in [0.25, 0.3) is 0 Å². The number of hydrogen-bond donors (Lipinski definition) is 2. The van der Waals surface area contributed by atoms with Gasteiger partial charge in [0, 0.05) is 6.07 Å². The van der Waals surface area contributed by atoms with Gasteiger partial charge in [0.2, 0.25) is 5.88 Å². The van der Waals surface area contributed by atoms with Crippen LogP contribution in [0.25, 0.3) is 0 Å². The molecule has 1 aromatic heterocycles. The van der Waals surface area contributed by atoms with Gasteiger partial charge in [0.1, 0.15) is 17.5 Å². The Hall–Kier alpha value is -1.89. The third kappa shape index (κ3) is 3.81. The first-order chi connectivity index (χ1) is 9.86. The van der Waals surface area contributed by atoms with Crippen LogP contribution in [0.1, 0.15) is 13.8 Å². The topological polar surface area (TPSA) is 60.2 Å². The van der Waals surface area contributed by atoms with Crippen molar-refractivity contribution in [3.05, 3.63) is 40.4 Å². The Morgan fingerprint density at radius 1 is 1.24 bits per heavy atom.